The molecule has 1 fully saturated rings. The van der Waals surface area contributed by atoms with E-state index >= 15 is 0 Å². The van der Waals surface area contributed by atoms with Gasteiger partial charge in [0.05, 0.1) is 32.8 Å². The highest BCUT2D eigenvalue weighted by Crippen LogP contribution is 2.30. The highest BCUT2D eigenvalue weighted by molar-refractivity contribution is 7.87. The van der Waals surface area contributed by atoms with Gasteiger partial charge in [-0.05, 0) is 76.2 Å². The van der Waals surface area contributed by atoms with Crippen molar-refractivity contribution in [3.8, 4) is 0 Å². The van der Waals surface area contributed by atoms with Crippen LogP contribution in [0.15, 0.2) is 117 Å². The highest BCUT2D eigenvalue weighted by atomic mass is 32.2. The Hall–Kier alpha value is -3.56. The van der Waals surface area contributed by atoms with Gasteiger partial charge in [0.25, 0.3) is 40.5 Å². The maximum Gasteiger partial charge on any atom is 0.297 e. The fraction of sp³-hybridized carbons (Fsp3) is 0.314. The Bertz CT molecular complexity index is 2140. The number of ether oxygens (including phenoxy) is 2. The summed E-state index contributed by atoms with van der Waals surface area (Å²) in [6.07, 6.45) is -6.88. The van der Waals surface area contributed by atoms with Crippen LogP contribution in [0.25, 0.3) is 0 Å². The molecule has 14 nitrogen and oxygen atoms in total. The molecule has 1 aliphatic rings. The average Bonchev–Trinajstić information content (AvgIpc) is 3.59. The van der Waals surface area contributed by atoms with E-state index in [1.165, 1.54) is 97.1 Å². The van der Waals surface area contributed by atoms with Gasteiger partial charge in [-0.15, -0.1) is 0 Å². The molecule has 286 valence electrons. The standard InChI is InChI=1S/C35H38O14S4/c1-24-5-13-28(14-6-24)50(36,37)46-21-32(48-52(40,41)30-17-9-26(3)10-18-30)34-35(45-23-44-34)33(49-53(42,43)31-19-11-27(4)12-20-31)22-47-51(38,39)29-15-7-25(2)8-16-29/h5-20,32-35H,21-23H2,1-4H3. The van der Waals surface area contributed by atoms with Crippen molar-refractivity contribution in [2.24, 2.45) is 0 Å². The summed E-state index contributed by atoms with van der Waals surface area (Å²) in [5, 5.41) is 0. The molecular formula is C35H38O14S4. The maximum absolute atomic E-state index is 13.5. The molecule has 0 radical (unpaired) electrons. The van der Waals surface area contributed by atoms with Crippen molar-refractivity contribution in [2.75, 3.05) is 20.0 Å². The lowest BCUT2D eigenvalue weighted by atomic mass is 10.0. The predicted molar refractivity (Wildman–Crippen MR) is 190 cm³/mol. The molecule has 1 heterocycles. The predicted octanol–water partition coefficient (Wildman–Crippen LogP) is 4.32. The molecule has 5 rings (SSSR count). The van der Waals surface area contributed by atoms with Crippen LogP contribution in [0.2, 0.25) is 0 Å². The van der Waals surface area contributed by atoms with Crippen LogP contribution >= 0.6 is 0 Å². The summed E-state index contributed by atoms with van der Waals surface area (Å²) in [6.45, 7) is 4.47. The summed E-state index contributed by atoms with van der Waals surface area (Å²) >= 11 is 0. The molecule has 0 bridgehead atoms. The molecule has 4 unspecified atom stereocenters. The molecule has 0 N–H and O–H groups in total. The Balaban J connectivity index is 1.51. The lowest BCUT2D eigenvalue weighted by molar-refractivity contribution is -0.0368. The summed E-state index contributed by atoms with van der Waals surface area (Å²) < 4.78 is 140. The van der Waals surface area contributed by atoms with E-state index in [1.807, 2.05) is 0 Å². The van der Waals surface area contributed by atoms with Crippen molar-refractivity contribution >= 4 is 40.5 Å². The third kappa shape index (κ3) is 10.4. The van der Waals surface area contributed by atoms with Crippen molar-refractivity contribution in [1.82, 2.24) is 0 Å². The first-order valence-electron chi connectivity index (χ1n) is 16.0. The maximum atomic E-state index is 13.5. The number of benzene rings is 4. The average molecular weight is 811 g/mol. The summed E-state index contributed by atoms with van der Waals surface area (Å²) in [5.41, 5.74) is 3.03. The van der Waals surface area contributed by atoms with E-state index in [0.717, 1.165) is 22.3 Å². The van der Waals surface area contributed by atoms with Crippen LogP contribution in [-0.4, -0.2) is 78.1 Å². The van der Waals surface area contributed by atoms with Gasteiger partial charge in [-0.25, -0.2) is 0 Å². The Morgan fingerprint density at radius 3 is 0.962 bits per heavy atom. The molecule has 4 atom stereocenters. The first kappa shape index (κ1) is 40.6. The zero-order valence-electron chi connectivity index (χ0n) is 29.0. The van der Waals surface area contributed by atoms with Crippen LogP contribution in [0, 0.1) is 27.7 Å². The Morgan fingerprint density at radius 1 is 0.453 bits per heavy atom. The molecule has 0 spiro atoms. The SMILES string of the molecule is Cc1ccc(S(=O)(=O)OCC(OS(=O)(=O)c2ccc(C)cc2)C2OCOC2C(COS(=O)(=O)c2ccc(C)cc2)OS(=O)(=O)c2ccc(C)cc2)cc1. The van der Waals surface area contributed by atoms with Gasteiger partial charge in [0.2, 0.25) is 0 Å². The van der Waals surface area contributed by atoms with Gasteiger partial charge in [0.15, 0.2) is 0 Å². The summed E-state index contributed by atoms with van der Waals surface area (Å²) in [5.74, 6) is 0. The lowest BCUT2D eigenvalue weighted by Gasteiger charge is -2.30. The van der Waals surface area contributed by atoms with Gasteiger partial charge in [-0.1, -0.05) is 70.8 Å². The number of hydrogen-bond acceptors (Lipinski definition) is 14. The molecule has 0 aromatic heterocycles. The molecular weight excluding hydrogens is 773 g/mol. The van der Waals surface area contributed by atoms with Gasteiger partial charge < -0.3 is 9.47 Å². The van der Waals surface area contributed by atoms with E-state index in [2.05, 4.69) is 0 Å². The van der Waals surface area contributed by atoms with Crippen molar-refractivity contribution in [2.45, 2.75) is 71.7 Å². The number of hydrogen-bond donors (Lipinski definition) is 0. The topological polar surface area (TPSA) is 192 Å². The van der Waals surface area contributed by atoms with Gasteiger partial charge in [0, 0.05) is 0 Å². The van der Waals surface area contributed by atoms with Gasteiger partial charge in [-0.2, -0.15) is 33.7 Å². The number of rotatable bonds is 16. The lowest BCUT2D eigenvalue weighted by Crippen LogP contribution is -2.49. The summed E-state index contributed by atoms with van der Waals surface area (Å²) in [7, 11) is -18.3. The van der Waals surface area contributed by atoms with Crippen molar-refractivity contribution in [3.63, 3.8) is 0 Å². The van der Waals surface area contributed by atoms with Crippen molar-refractivity contribution < 1.29 is 59.9 Å². The van der Waals surface area contributed by atoms with E-state index < -0.39 is 84.9 Å². The fourth-order valence-corrected chi connectivity index (χ4v) is 9.06. The molecule has 0 amide bonds. The van der Waals surface area contributed by atoms with Crippen LogP contribution in [0.1, 0.15) is 22.3 Å². The third-order valence-corrected chi connectivity index (χ3v) is 13.4. The van der Waals surface area contributed by atoms with Gasteiger partial charge in [0.1, 0.15) is 31.2 Å². The second kappa shape index (κ2) is 16.4. The van der Waals surface area contributed by atoms with E-state index in [1.54, 1.807) is 27.7 Å². The van der Waals surface area contributed by atoms with Crippen LogP contribution in [-0.2, 0) is 66.7 Å². The summed E-state index contributed by atoms with van der Waals surface area (Å²) in [6, 6.07) is 22.5. The normalized spacial score (nSPS) is 18.1. The first-order chi connectivity index (χ1) is 24.9. The minimum Gasteiger partial charge on any atom is -0.346 e. The molecule has 0 saturated carbocycles. The molecule has 1 aliphatic heterocycles. The molecule has 18 heteroatoms. The van der Waals surface area contributed by atoms with E-state index in [0.29, 0.717) is 0 Å². The molecule has 53 heavy (non-hydrogen) atoms. The van der Waals surface area contributed by atoms with Crippen LogP contribution in [0.3, 0.4) is 0 Å². The zero-order valence-corrected chi connectivity index (χ0v) is 32.3. The van der Waals surface area contributed by atoms with E-state index in [9.17, 15) is 33.7 Å². The van der Waals surface area contributed by atoms with Gasteiger partial charge >= 0.3 is 0 Å². The quantitative estimate of drug-likeness (QED) is 0.145. The van der Waals surface area contributed by atoms with Gasteiger partial charge in [-0.3, -0.25) is 16.7 Å². The monoisotopic (exact) mass is 810 g/mol. The smallest absolute Gasteiger partial charge is 0.297 e. The van der Waals surface area contributed by atoms with Crippen molar-refractivity contribution in [3.05, 3.63) is 119 Å². The second-order valence-corrected chi connectivity index (χ2v) is 18.7. The second-order valence-electron chi connectivity index (χ2n) is 12.3. The minimum atomic E-state index is -4.65. The largest absolute Gasteiger partial charge is 0.346 e. The molecule has 4 aromatic carbocycles. The van der Waals surface area contributed by atoms with E-state index in [4.69, 9.17) is 26.2 Å². The highest BCUT2D eigenvalue weighted by Gasteiger charge is 2.47. The minimum absolute atomic E-state index is 0.233. The fourth-order valence-electron chi connectivity index (χ4n) is 5.08. The molecule has 4 aromatic rings. The Labute approximate surface area is 310 Å². The van der Waals surface area contributed by atoms with E-state index in [-0.39, 0.29) is 19.6 Å². The van der Waals surface area contributed by atoms with Crippen LogP contribution in [0.5, 0.6) is 0 Å². The van der Waals surface area contributed by atoms with Crippen molar-refractivity contribution in [1.29, 1.82) is 0 Å². The molecule has 0 aliphatic carbocycles. The zero-order chi connectivity index (χ0) is 38.6. The third-order valence-electron chi connectivity index (χ3n) is 8.09. The molecule has 1 saturated heterocycles. The van der Waals surface area contributed by atoms with Crippen LogP contribution in [0.4, 0.5) is 0 Å². The summed E-state index contributed by atoms with van der Waals surface area (Å²) in [4.78, 5) is -1.04. The Kier molecular flexibility index (Phi) is 12.6. The number of aryl methyl sites for hydroxylation is 4. The van der Waals surface area contributed by atoms with Crippen LogP contribution < -0.4 is 0 Å². The first-order valence-corrected chi connectivity index (χ1v) is 21.6. The Morgan fingerprint density at radius 2 is 0.698 bits per heavy atom.